The number of aromatic nitrogens is 1. The first kappa shape index (κ1) is 31.8. The molecule has 9 nitrogen and oxygen atoms in total. The number of hydrogen-bond acceptors (Lipinski definition) is 4. The van der Waals surface area contributed by atoms with Crippen molar-refractivity contribution in [2.24, 2.45) is 10.7 Å². The van der Waals surface area contributed by atoms with Gasteiger partial charge in [0.15, 0.2) is 5.96 Å². The number of amides is 1. The summed E-state index contributed by atoms with van der Waals surface area (Å²) in [6.45, 7) is 2.87. The normalized spacial score (nSPS) is 12.8. The number of carbonyl (C=O) groups excluding carboxylic acids is 1. The zero-order valence-corrected chi connectivity index (χ0v) is 26.0. The number of fused-ring (bicyclic) bond motifs is 4. The second kappa shape index (κ2) is 14.9. The lowest BCUT2D eigenvalue weighted by Crippen LogP contribution is -2.43. The van der Waals surface area contributed by atoms with Crippen molar-refractivity contribution in [3.8, 4) is 11.1 Å². The van der Waals surface area contributed by atoms with Gasteiger partial charge in [-0.2, -0.15) is 0 Å². The van der Waals surface area contributed by atoms with Crippen molar-refractivity contribution in [3.63, 3.8) is 0 Å². The summed E-state index contributed by atoms with van der Waals surface area (Å²) in [6, 6.07) is 33.1. The largest absolute Gasteiger partial charge is 0.480 e. The quantitative estimate of drug-likeness (QED) is 0.105. The number of H-pyrrole nitrogens is 1. The molecular weight excluding hydrogens is 578 g/mol. The number of nitrogens with zero attached hydrogens (tertiary/aromatic N) is 1. The molecule has 0 fully saturated rings. The fraction of sp³-hybridized carbons (Fsp3) is 0.216. The first-order valence-corrected chi connectivity index (χ1v) is 15.3. The molecule has 0 saturated heterocycles. The lowest BCUT2D eigenvalue weighted by Gasteiger charge is -2.17. The maximum Gasteiger partial charge on any atom is 0.407 e. The molecule has 0 bridgehead atoms. The van der Waals surface area contributed by atoms with Gasteiger partial charge in [-0.05, 0) is 52.8 Å². The van der Waals surface area contributed by atoms with Crippen LogP contribution in [0.15, 0.2) is 108 Å². The van der Waals surface area contributed by atoms with Gasteiger partial charge in [-0.1, -0.05) is 97.1 Å². The number of carboxylic acids is 1. The number of carboxylic acid groups (broad SMARTS) is 1. The molecule has 1 amide bonds. The average molecular weight is 618 g/mol. The van der Waals surface area contributed by atoms with E-state index in [0.717, 1.165) is 57.4 Å². The number of ether oxygens (including phenoxy) is 1. The Morgan fingerprint density at radius 1 is 0.913 bits per heavy atom. The number of aliphatic imine (C=N–C) groups is 1. The molecule has 1 aliphatic rings. The lowest BCUT2D eigenvalue weighted by atomic mass is 9.98. The van der Waals surface area contributed by atoms with E-state index < -0.39 is 18.1 Å². The van der Waals surface area contributed by atoms with Gasteiger partial charge in [-0.25, -0.2) is 9.59 Å². The van der Waals surface area contributed by atoms with E-state index in [1.165, 1.54) is 5.56 Å². The van der Waals surface area contributed by atoms with Crippen LogP contribution in [0.4, 0.5) is 4.79 Å². The predicted molar refractivity (Wildman–Crippen MR) is 182 cm³/mol. The van der Waals surface area contributed by atoms with Crippen LogP contribution in [0, 0.1) is 6.92 Å². The van der Waals surface area contributed by atoms with E-state index >= 15 is 0 Å². The third-order valence-corrected chi connectivity index (χ3v) is 8.17. The van der Waals surface area contributed by atoms with Crippen LogP contribution < -0.4 is 16.4 Å². The van der Waals surface area contributed by atoms with Gasteiger partial charge in [-0.15, -0.1) is 0 Å². The Labute approximate surface area is 268 Å². The Morgan fingerprint density at radius 2 is 1.52 bits per heavy atom. The molecule has 236 valence electrons. The maximum absolute atomic E-state index is 12.6. The molecule has 1 heterocycles. The Balaban J connectivity index is 0.000000270. The Hall–Kier alpha value is -5.57. The third kappa shape index (κ3) is 7.55. The van der Waals surface area contributed by atoms with E-state index in [1.807, 2.05) is 85.8 Å². The highest BCUT2D eigenvalue weighted by atomic mass is 16.5. The summed E-state index contributed by atoms with van der Waals surface area (Å²) < 4.78 is 5.54. The Kier molecular flexibility index (Phi) is 10.3. The topological polar surface area (TPSA) is 142 Å². The van der Waals surface area contributed by atoms with Gasteiger partial charge in [0.2, 0.25) is 0 Å². The highest BCUT2D eigenvalue weighted by Gasteiger charge is 2.30. The molecule has 0 radical (unpaired) electrons. The first-order chi connectivity index (χ1) is 22.4. The van der Waals surface area contributed by atoms with E-state index in [-0.39, 0.29) is 18.9 Å². The minimum atomic E-state index is -1.10. The molecule has 5 aromatic rings. The summed E-state index contributed by atoms with van der Waals surface area (Å²) in [5.74, 6) is -0.689. The van der Waals surface area contributed by atoms with Crippen LogP contribution in [0.3, 0.4) is 0 Å². The number of hydrogen-bond donors (Lipinski definition) is 5. The van der Waals surface area contributed by atoms with Gasteiger partial charge in [0.1, 0.15) is 12.6 Å². The maximum atomic E-state index is 12.6. The van der Waals surface area contributed by atoms with Crippen LogP contribution in [0.1, 0.15) is 33.9 Å². The van der Waals surface area contributed by atoms with Crippen molar-refractivity contribution in [1.29, 1.82) is 0 Å². The molecule has 0 saturated carbocycles. The van der Waals surface area contributed by atoms with Crippen molar-refractivity contribution in [2.75, 3.05) is 20.2 Å². The van der Waals surface area contributed by atoms with Gasteiger partial charge in [0, 0.05) is 42.5 Å². The second-order valence-electron chi connectivity index (χ2n) is 11.1. The number of nitrogens with two attached hydrogens (primary N) is 1. The highest BCUT2D eigenvalue weighted by molar-refractivity contribution is 5.87. The molecule has 0 aliphatic heterocycles. The monoisotopic (exact) mass is 617 g/mol. The number of guanidine groups is 1. The standard InChI is InChI=1S/C27H24N2O4.C10H15N3/c1-16-22(21-12-6-7-13-24(21)28-16)14-25(26(30)31)29-27(32)33-15-23-19-10-4-2-8-17(19)18-9-3-5-11-20(18)23;1-12-10(11)13-8-7-9-5-3-2-4-6-9/h2-13,23,25,28H,14-15H2,1H3,(H,29,32)(H,30,31);2-6H,7-8H2,1H3,(H3,11,12,13). The molecule has 46 heavy (non-hydrogen) atoms. The number of para-hydroxylation sites is 1. The van der Waals surface area contributed by atoms with E-state index in [1.54, 1.807) is 7.05 Å². The van der Waals surface area contributed by atoms with Crippen molar-refractivity contribution >= 4 is 28.9 Å². The van der Waals surface area contributed by atoms with Gasteiger partial charge < -0.3 is 31.2 Å². The summed E-state index contributed by atoms with van der Waals surface area (Å²) in [5, 5.41) is 16.3. The van der Waals surface area contributed by atoms with E-state index in [2.05, 4.69) is 44.9 Å². The molecule has 9 heteroatoms. The number of aliphatic carboxylic acids is 1. The van der Waals surface area contributed by atoms with E-state index in [9.17, 15) is 14.7 Å². The number of rotatable bonds is 9. The molecule has 1 aliphatic carbocycles. The van der Waals surface area contributed by atoms with Gasteiger partial charge in [0.25, 0.3) is 0 Å². The number of aryl methyl sites for hydroxylation is 1. The predicted octanol–water partition coefficient (Wildman–Crippen LogP) is 5.77. The molecule has 1 unspecified atom stereocenters. The molecule has 1 aromatic heterocycles. The van der Waals surface area contributed by atoms with Crippen molar-refractivity contribution < 1.29 is 19.4 Å². The average Bonchev–Trinajstić information content (AvgIpc) is 3.57. The van der Waals surface area contributed by atoms with Crippen LogP contribution in [-0.4, -0.2) is 54.4 Å². The number of carbonyl (C=O) groups is 2. The van der Waals surface area contributed by atoms with Crippen LogP contribution in [0.5, 0.6) is 0 Å². The first-order valence-electron chi connectivity index (χ1n) is 15.3. The van der Waals surface area contributed by atoms with E-state index in [0.29, 0.717) is 5.96 Å². The van der Waals surface area contributed by atoms with Crippen LogP contribution in [-0.2, 0) is 22.4 Å². The van der Waals surface area contributed by atoms with Crippen molar-refractivity contribution in [2.45, 2.75) is 31.7 Å². The number of nitrogens with one attached hydrogen (secondary N) is 3. The minimum absolute atomic E-state index is 0.0812. The molecule has 6 N–H and O–H groups in total. The van der Waals surface area contributed by atoms with Crippen molar-refractivity contribution in [3.05, 3.63) is 131 Å². The molecule has 4 aromatic carbocycles. The third-order valence-electron chi connectivity index (χ3n) is 8.17. The van der Waals surface area contributed by atoms with Crippen molar-refractivity contribution in [1.82, 2.24) is 15.6 Å². The fourth-order valence-electron chi connectivity index (χ4n) is 5.84. The Morgan fingerprint density at radius 3 is 2.17 bits per heavy atom. The molecule has 1 atom stereocenters. The minimum Gasteiger partial charge on any atom is -0.480 e. The smallest absolute Gasteiger partial charge is 0.407 e. The van der Waals surface area contributed by atoms with Crippen LogP contribution >= 0.6 is 0 Å². The number of aromatic amines is 1. The van der Waals surface area contributed by atoms with Gasteiger partial charge in [0.05, 0.1) is 0 Å². The Bertz CT molecular complexity index is 1790. The summed E-state index contributed by atoms with van der Waals surface area (Å²) in [7, 11) is 1.67. The summed E-state index contributed by atoms with van der Waals surface area (Å²) >= 11 is 0. The molecule has 6 rings (SSSR count). The fourth-order valence-corrected chi connectivity index (χ4v) is 5.84. The summed E-state index contributed by atoms with van der Waals surface area (Å²) in [5.41, 5.74) is 14.0. The van der Waals surface area contributed by atoms with Crippen LogP contribution in [0.25, 0.3) is 22.0 Å². The zero-order valence-electron chi connectivity index (χ0n) is 26.0. The van der Waals surface area contributed by atoms with E-state index in [4.69, 9.17) is 10.5 Å². The zero-order chi connectivity index (χ0) is 32.5. The van der Waals surface area contributed by atoms with Crippen LogP contribution in [0.2, 0.25) is 0 Å². The number of alkyl carbamates (subject to hydrolysis) is 1. The number of benzene rings is 4. The molecule has 0 spiro atoms. The second-order valence-corrected chi connectivity index (χ2v) is 11.1. The lowest BCUT2D eigenvalue weighted by molar-refractivity contribution is -0.139. The van der Waals surface area contributed by atoms with Gasteiger partial charge >= 0.3 is 12.1 Å². The SMILES string of the molecule is CN=C(N)NCCc1ccccc1.Cc1[nH]c2ccccc2c1CC(NC(=O)OCC1c2ccccc2-c2ccccc21)C(=O)O. The molecular formula is C37H39N5O4. The summed E-state index contributed by atoms with van der Waals surface area (Å²) in [4.78, 5) is 31.6. The summed E-state index contributed by atoms with van der Waals surface area (Å²) in [6.07, 6.45) is 0.397. The van der Waals surface area contributed by atoms with Gasteiger partial charge in [-0.3, -0.25) is 4.99 Å². The highest BCUT2D eigenvalue weighted by Crippen LogP contribution is 2.44.